The normalized spacial score (nSPS) is 10.8. The van der Waals surface area contributed by atoms with Crippen molar-refractivity contribution in [2.75, 3.05) is 0 Å². The number of hydrogen-bond acceptors (Lipinski definition) is 1. The molecule has 0 aliphatic carbocycles. The van der Waals surface area contributed by atoms with Gasteiger partial charge in [0.05, 0.1) is 5.02 Å². The van der Waals surface area contributed by atoms with Gasteiger partial charge in [-0.3, -0.25) is 4.79 Å². The molecule has 0 saturated heterocycles. The summed E-state index contributed by atoms with van der Waals surface area (Å²) in [6, 6.07) is 1.73. The third-order valence-corrected chi connectivity index (χ3v) is 2.01. The van der Waals surface area contributed by atoms with Crippen LogP contribution in [0.5, 0.6) is 0 Å². The van der Waals surface area contributed by atoms with Gasteiger partial charge in [-0.1, -0.05) is 25.4 Å². The molecule has 0 fully saturated rings. The van der Waals surface area contributed by atoms with E-state index in [1.807, 2.05) is 13.8 Å². The molecule has 2 nitrogen and oxygen atoms in total. The molecule has 1 heterocycles. The molecule has 0 N–H and O–H groups in total. The maximum absolute atomic E-state index is 11.5. The summed E-state index contributed by atoms with van der Waals surface area (Å²) < 4.78 is 1.51. The summed E-state index contributed by atoms with van der Waals surface area (Å²) in [6.45, 7) is 3.96. The Balaban J connectivity index is 3.38. The van der Waals surface area contributed by atoms with E-state index >= 15 is 0 Å². The monoisotopic (exact) mass is 185 g/mol. The van der Waals surface area contributed by atoms with Gasteiger partial charge in [-0.15, -0.1) is 0 Å². The third kappa shape index (κ3) is 1.69. The largest absolute Gasteiger partial charge is 0.317 e. The molecule has 1 rings (SSSR count). The lowest BCUT2D eigenvalue weighted by Crippen LogP contribution is -2.21. The Bertz CT molecular complexity index is 341. The number of aryl methyl sites for hydroxylation is 1. The fraction of sp³-hybridized carbons (Fsp3) is 0.444. The number of nitrogens with zero attached hydrogens (tertiary/aromatic N) is 1. The van der Waals surface area contributed by atoms with E-state index in [0.717, 1.165) is 5.56 Å². The van der Waals surface area contributed by atoms with Gasteiger partial charge in [0.1, 0.15) is 0 Å². The van der Waals surface area contributed by atoms with Gasteiger partial charge in [-0.05, 0) is 12.0 Å². The van der Waals surface area contributed by atoms with Crippen molar-refractivity contribution in [2.45, 2.75) is 19.8 Å². The summed E-state index contributed by atoms with van der Waals surface area (Å²) in [6.07, 6.45) is 1.62. The Kier molecular flexibility index (Phi) is 2.58. The Labute approximate surface area is 76.8 Å². The first kappa shape index (κ1) is 9.33. The fourth-order valence-electron chi connectivity index (χ4n) is 1.11. The van der Waals surface area contributed by atoms with Crippen LogP contribution in [0.3, 0.4) is 0 Å². The van der Waals surface area contributed by atoms with Crippen LogP contribution in [0.25, 0.3) is 0 Å². The van der Waals surface area contributed by atoms with E-state index in [1.165, 1.54) is 4.57 Å². The first-order chi connectivity index (χ1) is 5.52. The maximum atomic E-state index is 11.5. The van der Waals surface area contributed by atoms with Crippen LogP contribution in [0.1, 0.15) is 25.3 Å². The lowest BCUT2D eigenvalue weighted by Gasteiger charge is -2.06. The predicted octanol–water partition coefficient (Wildman–Crippen LogP) is 2.16. The van der Waals surface area contributed by atoms with Gasteiger partial charge in [0.2, 0.25) is 0 Å². The van der Waals surface area contributed by atoms with E-state index < -0.39 is 0 Å². The molecule has 0 radical (unpaired) electrons. The highest BCUT2D eigenvalue weighted by Crippen LogP contribution is 2.14. The average molecular weight is 186 g/mol. The first-order valence-electron chi connectivity index (χ1n) is 3.88. The highest BCUT2D eigenvalue weighted by atomic mass is 35.5. The zero-order chi connectivity index (χ0) is 9.30. The molecule has 0 aliphatic rings. The quantitative estimate of drug-likeness (QED) is 0.657. The molecule has 3 heteroatoms. The van der Waals surface area contributed by atoms with Crippen LogP contribution >= 0.6 is 11.6 Å². The molecule has 66 valence electrons. The summed E-state index contributed by atoms with van der Waals surface area (Å²) in [4.78, 5) is 11.5. The number of halogens is 1. The van der Waals surface area contributed by atoms with E-state index in [9.17, 15) is 4.79 Å². The molecule has 0 atom stereocenters. The molecule has 0 amide bonds. The van der Waals surface area contributed by atoms with Crippen LogP contribution in [-0.2, 0) is 7.05 Å². The van der Waals surface area contributed by atoms with E-state index in [1.54, 1.807) is 19.3 Å². The molecule has 0 saturated carbocycles. The van der Waals surface area contributed by atoms with Crippen molar-refractivity contribution in [2.24, 2.45) is 7.05 Å². The lowest BCUT2D eigenvalue weighted by molar-refractivity contribution is 0.780. The zero-order valence-electron chi connectivity index (χ0n) is 7.47. The fourth-order valence-corrected chi connectivity index (χ4v) is 1.37. The van der Waals surface area contributed by atoms with Crippen molar-refractivity contribution in [1.82, 2.24) is 4.57 Å². The molecule has 0 aromatic carbocycles. The first-order valence-corrected chi connectivity index (χ1v) is 4.26. The summed E-state index contributed by atoms with van der Waals surface area (Å²) >= 11 is 5.81. The summed E-state index contributed by atoms with van der Waals surface area (Å²) in [5.74, 6) is 0.224. The van der Waals surface area contributed by atoms with E-state index in [2.05, 4.69) is 0 Å². The van der Waals surface area contributed by atoms with Gasteiger partial charge < -0.3 is 4.57 Å². The molecule has 1 aromatic rings. The van der Waals surface area contributed by atoms with Crippen molar-refractivity contribution < 1.29 is 0 Å². The second kappa shape index (κ2) is 3.31. The van der Waals surface area contributed by atoms with Crippen molar-refractivity contribution in [3.63, 3.8) is 0 Å². The molecule has 0 aliphatic heterocycles. The van der Waals surface area contributed by atoms with Crippen molar-refractivity contribution in [1.29, 1.82) is 0 Å². The van der Waals surface area contributed by atoms with Gasteiger partial charge in [-0.2, -0.15) is 0 Å². The minimum Gasteiger partial charge on any atom is -0.317 e. The Hall–Kier alpha value is -0.760. The Morgan fingerprint density at radius 1 is 1.50 bits per heavy atom. The highest BCUT2D eigenvalue weighted by molar-refractivity contribution is 6.30. The molecule has 1 aromatic heterocycles. The van der Waals surface area contributed by atoms with Crippen LogP contribution in [-0.4, -0.2) is 4.57 Å². The zero-order valence-corrected chi connectivity index (χ0v) is 8.22. The number of hydrogen-bond donors (Lipinski definition) is 0. The van der Waals surface area contributed by atoms with Crippen molar-refractivity contribution >= 4 is 11.6 Å². The summed E-state index contributed by atoms with van der Waals surface area (Å²) in [7, 11) is 1.71. The van der Waals surface area contributed by atoms with Gasteiger partial charge >= 0.3 is 0 Å². The van der Waals surface area contributed by atoms with Crippen LogP contribution < -0.4 is 5.56 Å². The minimum absolute atomic E-state index is 0.0365. The van der Waals surface area contributed by atoms with Crippen molar-refractivity contribution in [3.05, 3.63) is 33.2 Å². The van der Waals surface area contributed by atoms with Crippen LogP contribution in [0.2, 0.25) is 5.02 Å². The number of rotatable bonds is 1. The summed E-state index contributed by atoms with van der Waals surface area (Å²) in [5, 5.41) is 0.612. The maximum Gasteiger partial charge on any atom is 0.253 e. The van der Waals surface area contributed by atoms with Gasteiger partial charge in [-0.25, -0.2) is 0 Å². The summed E-state index contributed by atoms with van der Waals surface area (Å²) in [5.41, 5.74) is 0.805. The van der Waals surface area contributed by atoms with Gasteiger partial charge in [0.25, 0.3) is 5.56 Å². The van der Waals surface area contributed by atoms with E-state index in [4.69, 9.17) is 11.6 Å². The van der Waals surface area contributed by atoms with E-state index in [0.29, 0.717) is 5.02 Å². The molecular weight excluding hydrogens is 174 g/mol. The van der Waals surface area contributed by atoms with Crippen LogP contribution in [0.4, 0.5) is 0 Å². The Morgan fingerprint density at radius 2 is 2.08 bits per heavy atom. The average Bonchev–Trinajstić information content (AvgIpc) is 1.96. The van der Waals surface area contributed by atoms with Crippen LogP contribution in [0, 0.1) is 0 Å². The van der Waals surface area contributed by atoms with Gasteiger partial charge in [0.15, 0.2) is 0 Å². The molecule has 0 bridgehead atoms. The third-order valence-electron chi connectivity index (χ3n) is 1.80. The van der Waals surface area contributed by atoms with Gasteiger partial charge in [0, 0.05) is 18.8 Å². The van der Waals surface area contributed by atoms with Crippen molar-refractivity contribution in [3.8, 4) is 0 Å². The van der Waals surface area contributed by atoms with Crippen LogP contribution in [0.15, 0.2) is 17.1 Å². The predicted molar refractivity (Wildman–Crippen MR) is 50.8 cm³/mol. The SMILES string of the molecule is CC(C)c1cc(Cl)cn(C)c1=O. The smallest absolute Gasteiger partial charge is 0.253 e. The number of pyridine rings is 1. The second-order valence-electron chi connectivity index (χ2n) is 3.18. The topological polar surface area (TPSA) is 22.0 Å². The number of aromatic nitrogens is 1. The molecule has 0 spiro atoms. The highest BCUT2D eigenvalue weighted by Gasteiger charge is 2.06. The molecule has 0 unspecified atom stereocenters. The minimum atomic E-state index is 0.0365. The standard InChI is InChI=1S/C9H12ClNO/c1-6(2)8-4-7(10)5-11(3)9(8)12/h4-6H,1-3H3. The molecular formula is C9H12ClNO. The molecule has 12 heavy (non-hydrogen) atoms. The Morgan fingerprint density at radius 3 is 2.58 bits per heavy atom. The second-order valence-corrected chi connectivity index (χ2v) is 3.62. The van der Waals surface area contributed by atoms with E-state index in [-0.39, 0.29) is 11.5 Å². The lowest BCUT2D eigenvalue weighted by atomic mass is 10.1.